The third-order valence-corrected chi connectivity index (χ3v) is 3.16. The number of carboxylic acids is 1. The summed E-state index contributed by atoms with van der Waals surface area (Å²) in [7, 11) is 0. The molecule has 1 aromatic carbocycles. The molecule has 0 aliphatic heterocycles. The zero-order valence-corrected chi connectivity index (χ0v) is 9.67. The van der Waals surface area contributed by atoms with E-state index in [1.807, 2.05) is 32.0 Å². The number of carboxylic acid groups (broad SMARTS) is 1. The van der Waals surface area contributed by atoms with E-state index in [-0.39, 0.29) is 11.8 Å². The average molecular weight is 225 g/mol. The van der Waals surface area contributed by atoms with Crippen molar-refractivity contribution in [2.24, 2.45) is 5.73 Å². The molecule has 15 heavy (non-hydrogen) atoms. The Morgan fingerprint density at radius 2 is 2.20 bits per heavy atom. The van der Waals surface area contributed by atoms with Crippen molar-refractivity contribution < 1.29 is 9.90 Å². The highest BCUT2D eigenvalue weighted by Gasteiger charge is 2.10. The van der Waals surface area contributed by atoms with E-state index < -0.39 is 5.97 Å². The Morgan fingerprint density at radius 1 is 1.53 bits per heavy atom. The molecule has 0 saturated carbocycles. The van der Waals surface area contributed by atoms with Crippen LogP contribution in [0.4, 0.5) is 0 Å². The molecule has 0 saturated heterocycles. The normalized spacial score (nSPS) is 12.5. The van der Waals surface area contributed by atoms with Crippen LogP contribution in [0.2, 0.25) is 0 Å². The number of aliphatic carboxylic acids is 1. The largest absolute Gasteiger partial charge is 0.481 e. The van der Waals surface area contributed by atoms with Crippen LogP contribution in [0.3, 0.4) is 0 Å². The number of aryl methyl sites for hydroxylation is 2. The van der Waals surface area contributed by atoms with Gasteiger partial charge in [-0.1, -0.05) is 12.1 Å². The van der Waals surface area contributed by atoms with Gasteiger partial charge < -0.3 is 10.8 Å². The molecule has 0 aliphatic carbocycles. The Bertz CT molecular complexity index is 366. The van der Waals surface area contributed by atoms with Gasteiger partial charge in [0.25, 0.3) is 0 Å². The molecule has 0 fully saturated rings. The van der Waals surface area contributed by atoms with Crippen LogP contribution in [0.1, 0.15) is 17.5 Å². The van der Waals surface area contributed by atoms with Crippen LogP contribution in [-0.4, -0.2) is 16.4 Å². The second kappa shape index (κ2) is 5.19. The molecule has 0 heterocycles. The molecular weight excluding hydrogens is 210 g/mol. The first-order chi connectivity index (χ1) is 6.99. The van der Waals surface area contributed by atoms with E-state index in [1.165, 1.54) is 11.8 Å². The van der Waals surface area contributed by atoms with Crippen molar-refractivity contribution in [2.45, 2.75) is 30.5 Å². The lowest BCUT2D eigenvalue weighted by Crippen LogP contribution is -2.19. The Hall–Kier alpha value is -1.00. The van der Waals surface area contributed by atoms with E-state index in [4.69, 9.17) is 10.8 Å². The molecule has 0 radical (unpaired) electrons. The van der Waals surface area contributed by atoms with Gasteiger partial charge in [-0.15, -0.1) is 11.8 Å². The molecule has 1 rings (SSSR count). The molecule has 3 N–H and O–H groups in total. The van der Waals surface area contributed by atoms with E-state index in [0.717, 1.165) is 16.0 Å². The second-order valence-electron chi connectivity index (χ2n) is 3.52. The fraction of sp³-hybridized carbons (Fsp3) is 0.364. The average Bonchev–Trinajstić information content (AvgIpc) is 2.10. The number of hydrogen-bond donors (Lipinski definition) is 2. The van der Waals surface area contributed by atoms with Gasteiger partial charge in [-0.25, -0.2) is 0 Å². The lowest BCUT2D eigenvalue weighted by molar-refractivity contribution is -0.136. The van der Waals surface area contributed by atoms with E-state index in [1.54, 1.807) is 0 Å². The zero-order chi connectivity index (χ0) is 11.4. The molecule has 0 aromatic heterocycles. The lowest BCUT2D eigenvalue weighted by Gasteiger charge is -2.11. The Kier molecular flexibility index (Phi) is 4.17. The van der Waals surface area contributed by atoms with Crippen LogP contribution < -0.4 is 5.73 Å². The third-order valence-electron chi connectivity index (χ3n) is 2.00. The number of hydrogen-bond acceptors (Lipinski definition) is 3. The van der Waals surface area contributed by atoms with Gasteiger partial charge in [0.2, 0.25) is 0 Å². The third kappa shape index (κ3) is 3.93. The van der Waals surface area contributed by atoms with Crippen molar-refractivity contribution in [1.82, 2.24) is 0 Å². The predicted molar refractivity (Wildman–Crippen MR) is 62.0 cm³/mol. The number of benzene rings is 1. The zero-order valence-electron chi connectivity index (χ0n) is 8.86. The van der Waals surface area contributed by atoms with Crippen LogP contribution in [0.25, 0.3) is 0 Å². The molecule has 0 spiro atoms. The highest BCUT2D eigenvalue weighted by molar-refractivity contribution is 8.00. The molecule has 0 bridgehead atoms. The van der Waals surface area contributed by atoms with Gasteiger partial charge in [-0.3, -0.25) is 4.79 Å². The number of rotatable bonds is 4. The summed E-state index contributed by atoms with van der Waals surface area (Å²) < 4.78 is 0. The smallest absolute Gasteiger partial charge is 0.305 e. The monoisotopic (exact) mass is 225 g/mol. The van der Waals surface area contributed by atoms with Crippen molar-refractivity contribution in [3.63, 3.8) is 0 Å². The molecular formula is C11H15NO2S. The van der Waals surface area contributed by atoms with Gasteiger partial charge >= 0.3 is 5.97 Å². The van der Waals surface area contributed by atoms with Crippen molar-refractivity contribution in [3.05, 3.63) is 29.3 Å². The standard InChI is InChI=1S/C11H15NO2S/c1-7-3-4-8(2)9(5-7)15-10(12)6-11(13)14/h3-5,10H,6,12H2,1-2H3,(H,13,14). The van der Waals surface area contributed by atoms with E-state index >= 15 is 0 Å². The highest BCUT2D eigenvalue weighted by atomic mass is 32.2. The Labute approximate surface area is 93.7 Å². The summed E-state index contributed by atoms with van der Waals surface area (Å²) >= 11 is 1.41. The lowest BCUT2D eigenvalue weighted by atomic mass is 10.2. The van der Waals surface area contributed by atoms with E-state index in [2.05, 4.69) is 0 Å². The first-order valence-electron chi connectivity index (χ1n) is 4.70. The van der Waals surface area contributed by atoms with Gasteiger partial charge in [0.15, 0.2) is 0 Å². The number of carbonyl (C=O) groups is 1. The van der Waals surface area contributed by atoms with Crippen LogP contribution >= 0.6 is 11.8 Å². The molecule has 0 amide bonds. The van der Waals surface area contributed by atoms with Crippen LogP contribution in [0, 0.1) is 13.8 Å². The van der Waals surface area contributed by atoms with Crippen molar-refractivity contribution in [2.75, 3.05) is 0 Å². The summed E-state index contributed by atoms with van der Waals surface area (Å²) in [5.74, 6) is -0.861. The predicted octanol–water partition coefficient (Wildman–Crippen LogP) is 2.16. The Morgan fingerprint density at radius 3 is 2.80 bits per heavy atom. The first kappa shape index (κ1) is 12.1. The first-order valence-corrected chi connectivity index (χ1v) is 5.58. The maximum absolute atomic E-state index is 10.5. The summed E-state index contributed by atoms with van der Waals surface area (Å²) in [5.41, 5.74) is 8.00. The SMILES string of the molecule is Cc1ccc(C)c(SC(N)CC(=O)O)c1. The summed E-state index contributed by atoms with van der Waals surface area (Å²) in [4.78, 5) is 11.5. The second-order valence-corrected chi connectivity index (χ2v) is 4.80. The summed E-state index contributed by atoms with van der Waals surface area (Å²) in [5, 5.41) is 8.21. The summed E-state index contributed by atoms with van der Waals surface area (Å²) in [6.45, 7) is 4.00. The quantitative estimate of drug-likeness (QED) is 0.609. The molecule has 0 aliphatic rings. The Balaban J connectivity index is 2.71. The van der Waals surface area contributed by atoms with Crippen LogP contribution in [0.15, 0.2) is 23.1 Å². The topological polar surface area (TPSA) is 63.3 Å². The number of thioether (sulfide) groups is 1. The minimum Gasteiger partial charge on any atom is -0.481 e. The fourth-order valence-electron chi connectivity index (χ4n) is 1.21. The van der Waals surface area contributed by atoms with Crippen LogP contribution in [0.5, 0.6) is 0 Å². The minimum absolute atomic E-state index is 0.0158. The minimum atomic E-state index is -0.861. The van der Waals surface area contributed by atoms with Crippen LogP contribution in [-0.2, 0) is 4.79 Å². The van der Waals surface area contributed by atoms with E-state index in [9.17, 15) is 4.79 Å². The van der Waals surface area contributed by atoms with Gasteiger partial charge in [0.1, 0.15) is 0 Å². The molecule has 4 heteroatoms. The molecule has 1 aromatic rings. The van der Waals surface area contributed by atoms with Gasteiger partial charge in [-0.05, 0) is 31.0 Å². The van der Waals surface area contributed by atoms with Crippen molar-refractivity contribution in [1.29, 1.82) is 0 Å². The summed E-state index contributed by atoms with van der Waals surface area (Å²) in [6, 6.07) is 6.08. The highest BCUT2D eigenvalue weighted by Crippen LogP contribution is 2.26. The van der Waals surface area contributed by atoms with Crippen molar-refractivity contribution >= 4 is 17.7 Å². The van der Waals surface area contributed by atoms with E-state index in [0.29, 0.717) is 0 Å². The van der Waals surface area contributed by atoms with Gasteiger partial charge in [0, 0.05) is 4.90 Å². The summed E-state index contributed by atoms with van der Waals surface area (Å²) in [6.07, 6.45) is -0.0158. The molecule has 3 nitrogen and oxygen atoms in total. The molecule has 1 unspecified atom stereocenters. The number of nitrogens with two attached hydrogens (primary N) is 1. The maximum Gasteiger partial charge on any atom is 0.305 e. The maximum atomic E-state index is 10.5. The molecule has 82 valence electrons. The van der Waals surface area contributed by atoms with Gasteiger partial charge in [0.05, 0.1) is 11.8 Å². The van der Waals surface area contributed by atoms with Crippen molar-refractivity contribution in [3.8, 4) is 0 Å². The molecule has 1 atom stereocenters. The van der Waals surface area contributed by atoms with Gasteiger partial charge in [-0.2, -0.15) is 0 Å². The fourth-order valence-corrected chi connectivity index (χ4v) is 2.27.